The third-order valence-electron chi connectivity index (χ3n) is 1.91. The number of para-hydroxylation sites is 2. The van der Waals surface area contributed by atoms with Crippen LogP contribution >= 0.6 is 0 Å². The van der Waals surface area contributed by atoms with Crippen LogP contribution in [0.25, 0.3) is 0 Å². The molecule has 0 fully saturated rings. The molecule has 0 bridgehead atoms. The van der Waals surface area contributed by atoms with Crippen LogP contribution in [-0.4, -0.2) is 25.6 Å². The zero-order chi connectivity index (χ0) is 13.4. The Morgan fingerprint density at radius 1 is 1.44 bits per heavy atom. The number of alkyl halides is 2. The fourth-order valence-corrected chi connectivity index (χ4v) is 1.19. The lowest BCUT2D eigenvalue weighted by molar-refractivity contribution is -0.119. The lowest BCUT2D eigenvalue weighted by atomic mass is 10.3. The van der Waals surface area contributed by atoms with Crippen molar-refractivity contribution in [2.45, 2.75) is 6.61 Å². The van der Waals surface area contributed by atoms with Crippen LogP contribution in [0.15, 0.2) is 24.3 Å². The summed E-state index contributed by atoms with van der Waals surface area (Å²) in [5, 5.41) is 13.2. The molecule has 0 heterocycles. The van der Waals surface area contributed by atoms with Gasteiger partial charge in [-0.15, -0.1) is 0 Å². The number of nitrogens with zero attached hydrogens (tertiary/aromatic N) is 1. The van der Waals surface area contributed by atoms with Gasteiger partial charge in [0.05, 0.1) is 18.3 Å². The van der Waals surface area contributed by atoms with Gasteiger partial charge in [-0.2, -0.15) is 14.0 Å². The molecule has 5 nitrogen and oxygen atoms in total. The third kappa shape index (κ3) is 4.65. The first kappa shape index (κ1) is 13.7. The molecule has 0 aliphatic rings. The highest BCUT2D eigenvalue weighted by Gasteiger charge is 2.09. The number of hydrogen-bond donors (Lipinski definition) is 2. The van der Waals surface area contributed by atoms with Crippen molar-refractivity contribution in [1.82, 2.24) is 5.32 Å². The highest BCUT2D eigenvalue weighted by Crippen LogP contribution is 2.24. The van der Waals surface area contributed by atoms with Gasteiger partial charge in [0.1, 0.15) is 12.3 Å². The quantitative estimate of drug-likeness (QED) is 0.752. The maximum atomic E-state index is 12.1. The first-order valence-corrected chi connectivity index (χ1v) is 5.05. The van der Waals surface area contributed by atoms with Crippen molar-refractivity contribution < 1.29 is 18.3 Å². The van der Waals surface area contributed by atoms with Crippen LogP contribution in [0.4, 0.5) is 14.5 Å². The number of rotatable bonds is 6. The Labute approximate surface area is 102 Å². The zero-order valence-electron chi connectivity index (χ0n) is 9.32. The van der Waals surface area contributed by atoms with E-state index in [-0.39, 0.29) is 24.5 Å². The van der Waals surface area contributed by atoms with Gasteiger partial charge in [-0.1, -0.05) is 12.1 Å². The summed E-state index contributed by atoms with van der Waals surface area (Å²) in [5.41, 5.74) is 0.282. The van der Waals surface area contributed by atoms with Gasteiger partial charge in [0, 0.05) is 0 Å². The van der Waals surface area contributed by atoms with Gasteiger partial charge in [-0.05, 0) is 12.1 Å². The highest BCUT2D eigenvalue weighted by molar-refractivity contribution is 5.81. The van der Waals surface area contributed by atoms with E-state index in [1.807, 2.05) is 0 Å². The molecule has 0 saturated heterocycles. The fraction of sp³-hybridized carbons (Fsp3) is 0.273. The second-order valence-electron chi connectivity index (χ2n) is 3.16. The summed E-state index contributed by atoms with van der Waals surface area (Å²) in [4.78, 5) is 11.2. The minimum atomic E-state index is -2.93. The van der Waals surface area contributed by atoms with E-state index in [1.165, 1.54) is 12.1 Å². The molecule has 96 valence electrons. The Hall–Kier alpha value is -2.36. The number of amides is 1. The number of carbonyl (C=O) groups is 1. The van der Waals surface area contributed by atoms with Crippen molar-refractivity contribution in [2.24, 2.45) is 0 Å². The predicted octanol–water partition coefficient (Wildman–Crippen LogP) is 1.34. The second kappa shape index (κ2) is 7.06. The maximum absolute atomic E-state index is 12.1. The van der Waals surface area contributed by atoms with Crippen LogP contribution in [0.2, 0.25) is 0 Å². The Bertz CT molecular complexity index is 446. The fourth-order valence-electron chi connectivity index (χ4n) is 1.19. The average Bonchev–Trinajstić information content (AvgIpc) is 2.34. The molecule has 1 aromatic rings. The lowest BCUT2D eigenvalue weighted by Gasteiger charge is -2.11. The lowest BCUT2D eigenvalue weighted by Crippen LogP contribution is -2.30. The molecule has 18 heavy (non-hydrogen) atoms. The van der Waals surface area contributed by atoms with Crippen LogP contribution in [0.1, 0.15) is 0 Å². The van der Waals surface area contributed by atoms with Crippen LogP contribution in [0, 0.1) is 11.3 Å². The van der Waals surface area contributed by atoms with E-state index in [1.54, 1.807) is 18.2 Å². The molecule has 2 N–H and O–H groups in total. The molecule has 1 amide bonds. The Kier molecular flexibility index (Phi) is 5.38. The van der Waals surface area contributed by atoms with Crippen LogP contribution < -0.4 is 15.4 Å². The molecule has 1 rings (SSSR count). The van der Waals surface area contributed by atoms with Gasteiger partial charge in [0.25, 0.3) is 0 Å². The SMILES string of the molecule is N#CCNC(=O)CNc1ccccc1OC(F)F. The summed E-state index contributed by atoms with van der Waals surface area (Å²) in [7, 11) is 0. The Morgan fingerprint density at radius 2 is 2.17 bits per heavy atom. The van der Waals surface area contributed by atoms with Gasteiger partial charge in [-0.25, -0.2) is 0 Å². The summed E-state index contributed by atoms with van der Waals surface area (Å²) in [5.74, 6) is -0.455. The zero-order valence-corrected chi connectivity index (χ0v) is 9.32. The minimum absolute atomic E-state index is 0.0411. The standard InChI is InChI=1S/C11H11F2N3O2/c12-11(13)18-9-4-2-1-3-8(9)16-7-10(17)15-6-5-14/h1-4,11,16H,6-7H2,(H,15,17). The number of anilines is 1. The molecule has 0 radical (unpaired) electrons. The number of nitrogens with one attached hydrogen (secondary N) is 2. The predicted molar refractivity (Wildman–Crippen MR) is 60.2 cm³/mol. The molecule has 0 spiro atoms. The molecule has 0 aromatic heterocycles. The number of benzene rings is 1. The summed E-state index contributed by atoms with van der Waals surface area (Å²) in [6.45, 7) is -3.17. The summed E-state index contributed by atoms with van der Waals surface area (Å²) in [6.07, 6.45) is 0. The molecular formula is C11H11F2N3O2. The van der Waals surface area contributed by atoms with E-state index in [9.17, 15) is 13.6 Å². The monoisotopic (exact) mass is 255 g/mol. The molecule has 1 aromatic carbocycles. The number of carbonyl (C=O) groups excluding carboxylic acids is 1. The molecule has 0 saturated carbocycles. The smallest absolute Gasteiger partial charge is 0.387 e. The number of halogens is 2. The average molecular weight is 255 g/mol. The molecular weight excluding hydrogens is 244 g/mol. The molecule has 0 unspecified atom stereocenters. The van der Waals surface area contributed by atoms with E-state index in [0.29, 0.717) is 0 Å². The molecule has 0 aliphatic carbocycles. The van der Waals surface area contributed by atoms with Gasteiger partial charge < -0.3 is 15.4 Å². The first-order chi connectivity index (χ1) is 8.63. The van der Waals surface area contributed by atoms with Crippen molar-refractivity contribution in [3.05, 3.63) is 24.3 Å². The van der Waals surface area contributed by atoms with Crippen LogP contribution in [0.5, 0.6) is 5.75 Å². The van der Waals surface area contributed by atoms with Crippen molar-refractivity contribution in [3.63, 3.8) is 0 Å². The van der Waals surface area contributed by atoms with Gasteiger partial charge in [0.2, 0.25) is 5.91 Å². The van der Waals surface area contributed by atoms with E-state index in [4.69, 9.17) is 5.26 Å². The normalized spacial score (nSPS) is 9.67. The Balaban J connectivity index is 2.56. The number of nitriles is 1. The summed E-state index contributed by atoms with van der Waals surface area (Å²) >= 11 is 0. The third-order valence-corrected chi connectivity index (χ3v) is 1.91. The molecule has 0 atom stereocenters. The van der Waals surface area contributed by atoms with Gasteiger partial charge in [0.15, 0.2) is 0 Å². The second-order valence-corrected chi connectivity index (χ2v) is 3.16. The summed E-state index contributed by atoms with van der Waals surface area (Å²) < 4.78 is 28.5. The van der Waals surface area contributed by atoms with E-state index >= 15 is 0 Å². The van der Waals surface area contributed by atoms with E-state index in [2.05, 4.69) is 15.4 Å². The minimum Gasteiger partial charge on any atom is -0.433 e. The molecule has 0 aliphatic heterocycles. The van der Waals surface area contributed by atoms with E-state index < -0.39 is 12.5 Å². The topological polar surface area (TPSA) is 74.2 Å². The number of hydrogen-bond acceptors (Lipinski definition) is 4. The van der Waals surface area contributed by atoms with Crippen LogP contribution in [-0.2, 0) is 4.79 Å². The maximum Gasteiger partial charge on any atom is 0.387 e. The van der Waals surface area contributed by atoms with Gasteiger partial charge in [-0.3, -0.25) is 4.79 Å². The number of ether oxygens (including phenoxy) is 1. The Morgan fingerprint density at radius 3 is 2.83 bits per heavy atom. The summed E-state index contributed by atoms with van der Waals surface area (Å²) in [6, 6.07) is 7.78. The molecule has 7 heteroatoms. The highest BCUT2D eigenvalue weighted by atomic mass is 19.3. The van der Waals surface area contributed by atoms with Crippen molar-refractivity contribution in [3.8, 4) is 11.8 Å². The van der Waals surface area contributed by atoms with Crippen molar-refractivity contribution in [1.29, 1.82) is 5.26 Å². The van der Waals surface area contributed by atoms with Crippen molar-refractivity contribution in [2.75, 3.05) is 18.4 Å². The van der Waals surface area contributed by atoms with E-state index in [0.717, 1.165) is 0 Å². The van der Waals surface area contributed by atoms with Gasteiger partial charge >= 0.3 is 6.61 Å². The van der Waals surface area contributed by atoms with Crippen molar-refractivity contribution >= 4 is 11.6 Å². The van der Waals surface area contributed by atoms with Crippen LogP contribution in [0.3, 0.4) is 0 Å². The first-order valence-electron chi connectivity index (χ1n) is 5.05. The largest absolute Gasteiger partial charge is 0.433 e.